The number of hydrogen-bond acceptors (Lipinski definition) is 11. The maximum absolute atomic E-state index is 14.6. The van der Waals surface area contributed by atoms with Crippen LogP contribution in [-0.2, 0) is 34.0 Å². The van der Waals surface area contributed by atoms with Crippen molar-refractivity contribution in [3.8, 4) is 0 Å². The van der Waals surface area contributed by atoms with Crippen molar-refractivity contribution in [2.75, 3.05) is 32.2 Å². The minimum atomic E-state index is -1.50. The van der Waals surface area contributed by atoms with E-state index in [-0.39, 0.29) is 96.5 Å². The van der Waals surface area contributed by atoms with Gasteiger partial charge in [-0.05, 0) is 98.7 Å². The number of anilines is 1. The van der Waals surface area contributed by atoms with Gasteiger partial charge in [0.15, 0.2) is 12.8 Å². The van der Waals surface area contributed by atoms with E-state index in [0.717, 1.165) is 30.5 Å². The standard InChI is InChI=1S/C46H61N2O10/c1-5-26-27-19-33-38-44(31-8-6-7-9-32(31)47(38)3)21-34(37(27)39(44)51)48(33,40(26)52)22-36(50)58-25-10-16-45(41(53)56-4)29-11-14-42(2)28(24-18-35(49)57-23-24)13-17-46(42,55)30(29)12-15-43(45,54)20-25/h6-9,18,25-30,33-34,37-40,51-52,54-55H,5,10-17,19-23H2,1-4H3/q+1/t25?,26?,27?,28-,29-,30+,33?,34?,37?,38?,39?,40+,42?,43?,44?,45?,46?,48?/m0/s1. The van der Waals surface area contributed by atoms with Crippen molar-refractivity contribution >= 4 is 23.6 Å². The lowest BCUT2D eigenvalue weighted by Gasteiger charge is -2.67. The highest BCUT2D eigenvalue weighted by Crippen LogP contribution is 2.73. The van der Waals surface area contributed by atoms with Crippen molar-refractivity contribution in [2.45, 2.75) is 144 Å². The number of benzene rings is 1. The third-order valence-electron chi connectivity index (χ3n) is 19.9. The molecule has 12 rings (SSSR count). The van der Waals surface area contributed by atoms with E-state index < -0.39 is 57.8 Å². The van der Waals surface area contributed by atoms with Gasteiger partial charge in [-0.2, -0.15) is 0 Å². The van der Waals surface area contributed by atoms with E-state index in [4.69, 9.17) is 14.2 Å². The Morgan fingerprint density at radius 3 is 2.52 bits per heavy atom. The summed E-state index contributed by atoms with van der Waals surface area (Å²) in [4.78, 5) is 43.2. The molecular formula is C46H61N2O10+. The van der Waals surface area contributed by atoms with Crippen molar-refractivity contribution in [3.63, 3.8) is 0 Å². The Labute approximate surface area is 340 Å². The molecule has 1 spiro atoms. The SMILES string of the molecule is CCC1C2CC3C4N(C)c5ccccc5C45CC(C2C5O)[N+]3(CC(=O)OC2CCC3(C(=O)OC)[C@H]4CCC5(C)[C@H](C6=CC(=O)OC6)CCC5(O)[C@@H]4CCC3(O)C2)[C@@H]1O. The summed E-state index contributed by atoms with van der Waals surface area (Å²) in [6.07, 6.45) is 6.02. The highest BCUT2D eigenvalue weighted by molar-refractivity contribution is 5.85. The van der Waals surface area contributed by atoms with Crippen LogP contribution >= 0.6 is 0 Å². The predicted molar refractivity (Wildman–Crippen MR) is 208 cm³/mol. The molecule has 11 aliphatic rings. The van der Waals surface area contributed by atoms with Gasteiger partial charge >= 0.3 is 17.9 Å². The molecule has 12 nitrogen and oxygen atoms in total. The van der Waals surface area contributed by atoms with Crippen molar-refractivity contribution in [2.24, 2.45) is 46.3 Å². The molecular weight excluding hydrogens is 741 g/mol. The highest BCUT2D eigenvalue weighted by Gasteiger charge is 2.83. The fourth-order valence-corrected chi connectivity index (χ4v) is 17.9. The summed E-state index contributed by atoms with van der Waals surface area (Å²) in [6, 6.07) is 8.21. The summed E-state index contributed by atoms with van der Waals surface area (Å²) in [5.41, 5.74) is -1.55. The number of ether oxygens (including phenoxy) is 3. The number of carbonyl (C=O) groups excluding carboxylic acids is 3. The van der Waals surface area contributed by atoms with E-state index in [1.54, 1.807) is 6.08 Å². The molecule has 12 heteroatoms. The van der Waals surface area contributed by atoms with E-state index >= 15 is 0 Å². The predicted octanol–water partition coefficient (Wildman–Crippen LogP) is 3.51. The van der Waals surface area contributed by atoms with Crippen molar-refractivity contribution in [3.05, 3.63) is 41.5 Å². The van der Waals surface area contributed by atoms with E-state index in [1.165, 1.54) is 12.7 Å². The van der Waals surface area contributed by atoms with Gasteiger partial charge < -0.3 is 39.5 Å². The van der Waals surface area contributed by atoms with Crippen LogP contribution in [0.5, 0.6) is 0 Å². The van der Waals surface area contributed by atoms with Crippen LogP contribution in [0.15, 0.2) is 35.9 Å². The van der Waals surface area contributed by atoms with Gasteiger partial charge in [0.05, 0.1) is 47.3 Å². The maximum atomic E-state index is 14.6. The number of piperidine rings is 4. The highest BCUT2D eigenvalue weighted by atomic mass is 16.6. The van der Waals surface area contributed by atoms with Crippen LogP contribution in [0.1, 0.15) is 96.5 Å². The Balaban J connectivity index is 0.871. The Morgan fingerprint density at radius 1 is 1.00 bits per heavy atom. The molecule has 6 heterocycles. The van der Waals surface area contributed by atoms with Gasteiger partial charge in [-0.25, -0.2) is 9.59 Å². The summed E-state index contributed by atoms with van der Waals surface area (Å²) >= 11 is 0. The van der Waals surface area contributed by atoms with Gasteiger partial charge in [-0.1, -0.05) is 32.0 Å². The number of fused-ring (bicyclic) bond motifs is 7. The first-order valence-corrected chi connectivity index (χ1v) is 22.3. The van der Waals surface area contributed by atoms with E-state index in [1.807, 2.05) is 6.07 Å². The van der Waals surface area contributed by atoms with Gasteiger partial charge in [0.1, 0.15) is 18.8 Å². The molecule has 314 valence electrons. The zero-order chi connectivity index (χ0) is 40.5. The molecule has 18 atom stereocenters. The molecule has 5 aliphatic carbocycles. The van der Waals surface area contributed by atoms with E-state index in [2.05, 4.69) is 44.0 Å². The lowest BCUT2D eigenvalue weighted by Crippen LogP contribution is -2.83. The van der Waals surface area contributed by atoms with Crippen LogP contribution in [0.3, 0.4) is 0 Å². The number of aliphatic hydroxyl groups is 4. The average Bonchev–Trinajstić information content (AvgIpc) is 3.89. The van der Waals surface area contributed by atoms with E-state index in [0.29, 0.717) is 38.5 Å². The summed E-state index contributed by atoms with van der Waals surface area (Å²) in [5, 5.41) is 50.6. The molecule has 5 saturated carbocycles. The van der Waals surface area contributed by atoms with Crippen LogP contribution < -0.4 is 4.90 Å². The lowest BCUT2D eigenvalue weighted by atomic mass is 9.41. The van der Waals surface area contributed by atoms with Crippen LogP contribution in [0, 0.1) is 46.3 Å². The number of cyclic esters (lactones) is 1. The number of rotatable bonds is 6. The van der Waals surface area contributed by atoms with Gasteiger partial charge in [-0.15, -0.1) is 0 Å². The molecule has 1 aromatic rings. The second kappa shape index (κ2) is 12.1. The number of nitrogens with zero attached hydrogens (tertiary/aromatic N) is 2. The monoisotopic (exact) mass is 801 g/mol. The van der Waals surface area contributed by atoms with Crippen molar-refractivity contribution in [1.29, 1.82) is 0 Å². The van der Waals surface area contributed by atoms with E-state index in [9.17, 15) is 34.8 Å². The van der Waals surface area contributed by atoms with Gasteiger partial charge in [0, 0.05) is 55.3 Å². The summed E-state index contributed by atoms with van der Waals surface area (Å²) < 4.78 is 17.5. The Kier molecular flexibility index (Phi) is 7.90. The second-order valence-electron chi connectivity index (χ2n) is 20.9. The Bertz CT molecular complexity index is 2010. The van der Waals surface area contributed by atoms with Crippen molar-refractivity contribution in [1.82, 2.24) is 0 Å². The zero-order valence-corrected chi connectivity index (χ0v) is 34.3. The van der Waals surface area contributed by atoms with Gasteiger partial charge in [0.2, 0.25) is 0 Å². The quantitative estimate of drug-likeness (QED) is 0.189. The number of methoxy groups -OCH3 is 1. The Hall–Kier alpha value is -3.03. The summed E-state index contributed by atoms with van der Waals surface area (Å²) in [6.45, 7) is 4.49. The van der Waals surface area contributed by atoms with Gasteiger partial charge in [-0.3, -0.25) is 9.28 Å². The molecule has 0 aromatic heterocycles. The third kappa shape index (κ3) is 4.14. The number of aliphatic hydroxyl groups excluding tert-OH is 2. The first-order chi connectivity index (χ1) is 27.7. The smallest absolute Gasteiger partial charge is 0.362 e. The molecule has 0 amide bonds. The summed E-state index contributed by atoms with van der Waals surface area (Å²) in [7, 11) is 3.48. The van der Waals surface area contributed by atoms with Gasteiger partial charge in [0.25, 0.3) is 0 Å². The molecule has 1 aromatic carbocycles. The molecule has 4 saturated heterocycles. The zero-order valence-electron chi connectivity index (χ0n) is 34.3. The number of esters is 3. The fourth-order valence-electron chi connectivity index (χ4n) is 17.9. The molecule has 5 bridgehead atoms. The number of quaternary nitrogens is 1. The molecule has 6 aliphatic heterocycles. The molecule has 58 heavy (non-hydrogen) atoms. The van der Waals surface area contributed by atoms with Crippen LogP contribution in [0.4, 0.5) is 5.69 Å². The normalized spacial score (nSPS) is 52.6. The minimum Gasteiger partial charge on any atom is -0.468 e. The second-order valence-corrected chi connectivity index (χ2v) is 20.9. The fraction of sp³-hybridized carbons (Fsp3) is 0.761. The number of hydrogen-bond donors (Lipinski definition) is 4. The topological polar surface area (TPSA) is 163 Å². The average molecular weight is 802 g/mol. The molecule has 0 radical (unpaired) electrons. The minimum absolute atomic E-state index is 0.00132. The number of carbonyl (C=O) groups is 3. The lowest BCUT2D eigenvalue weighted by molar-refractivity contribution is -1.03. The summed E-state index contributed by atoms with van der Waals surface area (Å²) in [5.74, 6) is -1.64. The largest absolute Gasteiger partial charge is 0.468 e. The number of likely N-dealkylation sites (N-methyl/N-ethyl adjacent to an activating group) is 1. The van der Waals surface area contributed by atoms with Crippen LogP contribution in [0.25, 0.3) is 0 Å². The van der Waals surface area contributed by atoms with Crippen LogP contribution in [-0.4, -0.2) is 118 Å². The molecule has 9 fully saturated rings. The Morgan fingerprint density at radius 2 is 1.78 bits per heavy atom. The van der Waals surface area contributed by atoms with Crippen molar-refractivity contribution < 1.29 is 53.5 Å². The number of para-hydroxylation sites is 1. The first kappa shape index (κ1) is 37.9. The maximum Gasteiger partial charge on any atom is 0.362 e. The van der Waals surface area contributed by atoms with Crippen LogP contribution in [0.2, 0.25) is 0 Å². The molecule has 14 unspecified atom stereocenters. The first-order valence-electron chi connectivity index (χ1n) is 22.3. The third-order valence-corrected chi connectivity index (χ3v) is 19.9. The molecule has 4 N–H and O–H groups in total.